The van der Waals surface area contributed by atoms with Crippen molar-refractivity contribution in [1.82, 2.24) is 9.97 Å². The molecule has 1 aromatic rings. The van der Waals surface area contributed by atoms with Crippen LogP contribution < -0.4 is 5.32 Å². The van der Waals surface area contributed by atoms with Gasteiger partial charge in [-0.1, -0.05) is 13.3 Å². The lowest BCUT2D eigenvalue weighted by Gasteiger charge is -2.41. The van der Waals surface area contributed by atoms with E-state index in [0.29, 0.717) is 5.41 Å². The van der Waals surface area contributed by atoms with E-state index in [-0.39, 0.29) is 0 Å². The number of nitrogens with zero attached hydrogens (tertiary/aromatic N) is 2. The van der Waals surface area contributed by atoms with Crippen LogP contribution in [0.5, 0.6) is 0 Å². The molecule has 1 saturated carbocycles. The Morgan fingerprint density at radius 3 is 2.47 bits per heavy atom. The molecule has 0 radical (unpaired) electrons. The Labute approximate surface area is 91.3 Å². The van der Waals surface area contributed by atoms with E-state index in [0.717, 1.165) is 18.1 Å². The number of hydrogen-bond acceptors (Lipinski definition) is 3. The molecule has 15 heavy (non-hydrogen) atoms. The van der Waals surface area contributed by atoms with E-state index in [2.05, 4.69) is 22.2 Å². The summed E-state index contributed by atoms with van der Waals surface area (Å²) >= 11 is 0. The van der Waals surface area contributed by atoms with Gasteiger partial charge in [-0.2, -0.15) is 0 Å². The van der Waals surface area contributed by atoms with Crippen LogP contribution in [0, 0.1) is 12.3 Å². The minimum Gasteiger partial charge on any atom is -0.354 e. The maximum atomic E-state index is 4.25. The summed E-state index contributed by atoms with van der Waals surface area (Å²) in [6.45, 7) is 5.30. The van der Waals surface area contributed by atoms with Crippen LogP contribution in [0.4, 0.5) is 5.95 Å². The van der Waals surface area contributed by atoms with Gasteiger partial charge in [0.1, 0.15) is 0 Å². The molecule has 1 heterocycles. The van der Waals surface area contributed by atoms with Crippen LogP contribution in [0.3, 0.4) is 0 Å². The molecule has 1 fully saturated rings. The molecule has 82 valence electrons. The van der Waals surface area contributed by atoms with Crippen molar-refractivity contribution < 1.29 is 0 Å². The van der Waals surface area contributed by atoms with Crippen molar-refractivity contribution in [3.05, 3.63) is 18.0 Å². The normalized spacial score (nSPS) is 18.3. The van der Waals surface area contributed by atoms with E-state index in [1.807, 2.05) is 19.3 Å². The van der Waals surface area contributed by atoms with Gasteiger partial charge in [0.2, 0.25) is 5.95 Å². The van der Waals surface area contributed by atoms with Crippen molar-refractivity contribution in [1.29, 1.82) is 0 Å². The van der Waals surface area contributed by atoms with Crippen LogP contribution in [0.25, 0.3) is 0 Å². The number of anilines is 1. The van der Waals surface area contributed by atoms with Gasteiger partial charge in [0.25, 0.3) is 0 Å². The van der Waals surface area contributed by atoms with Crippen LogP contribution in [0.1, 0.15) is 38.2 Å². The van der Waals surface area contributed by atoms with Crippen molar-refractivity contribution in [3.8, 4) is 0 Å². The molecule has 1 aliphatic rings. The fourth-order valence-corrected chi connectivity index (χ4v) is 2.08. The Kier molecular flexibility index (Phi) is 2.89. The standard InChI is InChI=1S/C12H19N3/c1-3-12(5-4-6-12)9-15-11-13-7-10(2)8-14-11/h7-8H,3-6,9H2,1-2H3,(H,13,14,15). The van der Waals surface area contributed by atoms with E-state index < -0.39 is 0 Å². The Balaban J connectivity index is 1.90. The third-order valence-electron chi connectivity index (χ3n) is 3.57. The molecular formula is C12H19N3. The second-order valence-electron chi connectivity index (χ2n) is 4.64. The van der Waals surface area contributed by atoms with E-state index in [1.165, 1.54) is 25.7 Å². The molecule has 0 unspecified atom stereocenters. The molecule has 0 aromatic carbocycles. The van der Waals surface area contributed by atoms with Gasteiger partial charge in [0.15, 0.2) is 0 Å². The predicted molar refractivity (Wildman–Crippen MR) is 61.8 cm³/mol. The predicted octanol–water partition coefficient (Wildman–Crippen LogP) is 2.78. The van der Waals surface area contributed by atoms with Gasteiger partial charge < -0.3 is 5.32 Å². The molecule has 0 saturated heterocycles. The topological polar surface area (TPSA) is 37.8 Å². The van der Waals surface area contributed by atoms with Crippen molar-refractivity contribution in [2.24, 2.45) is 5.41 Å². The van der Waals surface area contributed by atoms with E-state index in [4.69, 9.17) is 0 Å². The van der Waals surface area contributed by atoms with Gasteiger partial charge in [0.05, 0.1) is 0 Å². The molecule has 1 aliphatic carbocycles. The third kappa shape index (κ3) is 2.28. The smallest absolute Gasteiger partial charge is 0.222 e. The first kappa shape index (κ1) is 10.4. The van der Waals surface area contributed by atoms with Gasteiger partial charge in [-0.3, -0.25) is 0 Å². The first-order valence-corrected chi connectivity index (χ1v) is 5.77. The number of rotatable bonds is 4. The zero-order chi connectivity index (χ0) is 10.7. The minimum absolute atomic E-state index is 0.522. The fraction of sp³-hybridized carbons (Fsp3) is 0.667. The Morgan fingerprint density at radius 1 is 1.33 bits per heavy atom. The molecule has 3 heteroatoms. The van der Waals surface area contributed by atoms with Crippen molar-refractivity contribution in [3.63, 3.8) is 0 Å². The second-order valence-corrected chi connectivity index (χ2v) is 4.64. The van der Waals surface area contributed by atoms with Gasteiger partial charge in [-0.25, -0.2) is 9.97 Å². The second kappa shape index (κ2) is 4.17. The van der Waals surface area contributed by atoms with E-state index in [1.54, 1.807) is 0 Å². The van der Waals surface area contributed by atoms with Gasteiger partial charge >= 0.3 is 0 Å². The van der Waals surface area contributed by atoms with E-state index >= 15 is 0 Å². The first-order chi connectivity index (χ1) is 7.24. The van der Waals surface area contributed by atoms with Gasteiger partial charge in [0, 0.05) is 18.9 Å². The lowest BCUT2D eigenvalue weighted by molar-refractivity contribution is 0.144. The molecule has 0 atom stereocenters. The molecule has 1 aromatic heterocycles. The Hall–Kier alpha value is -1.12. The third-order valence-corrected chi connectivity index (χ3v) is 3.57. The quantitative estimate of drug-likeness (QED) is 0.821. The molecule has 0 spiro atoms. The van der Waals surface area contributed by atoms with Crippen LogP contribution in [-0.2, 0) is 0 Å². The Bertz CT molecular complexity index is 309. The fourth-order valence-electron chi connectivity index (χ4n) is 2.08. The minimum atomic E-state index is 0.522. The highest BCUT2D eigenvalue weighted by Gasteiger charge is 2.34. The summed E-state index contributed by atoms with van der Waals surface area (Å²) in [5.74, 6) is 0.764. The zero-order valence-electron chi connectivity index (χ0n) is 9.58. The summed E-state index contributed by atoms with van der Waals surface area (Å²) in [6, 6.07) is 0. The monoisotopic (exact) mass is 205 g/mol. The lowest BCUT2D eigenvalue weighted by atomic mass is 9.67. The summed E-state index contributed by atoms with van der Waals surface area (Å²) in [5, 5.41) is 3.34. The van der Waals surface area contributed by atoms with Crippen LogP contribution in [-0.4, -0.2) is 16.5 Å². The molecule has 0 bridgehead atoms. The summed E-state index contributed by atoms with van der Waals surface area (Å²) in [7, 11) is 0. The molecule has 3 nitrogen and oxygen atoms in total. The molecule has 0 aliphatic heterocycles. The maximum absolute atomic E-state index is 4.25. The molecule has 2 rings (SSSR count). The number of hydrogen-bond donors (Lipinski definition) is 1. The molecule has 1 N–H and O–H groups in total. The molecular weight excluding hydrogens is 186 g/mol. The summed E-state index contributed by atoms with van der Waals surface area (Å²) < 4.78 is 0. The lowest BCUT2D eigenvalue weighted by Crippen LogP contribution is -2.36. The van der Waals surface area contributed by atoms with Crippen molar-refractivity contribution >= 4 is 5.95 Å². The zero-order valence-corrected chi connectivity index (χ0v) is 9.58. The summed E-state index contributed by atoms with van der Waals surface area (Å²) in [6.07, 6.45) is 9.05. The highest BCUT2D eigenvalue weighted by molar-refractivity contribution is 5.25. The number of aromatic nitrogens is 2. The molecule has 0 amide bonds. The van der Waals surface area contributed by atoms with E-state index in [9.17, 15) is 0 Å². The van der Waals surface area contributed by atoms with Crippen molar-refractivity contribution in [2.75, 3.05) is 11.9 Å². The average molecular weight is 205 g/mol. The van der Waals surface area contributed by atoms with Crippen molar-refractivity contribution in [2.45, 2.75) is 39.5 Å². The van der Waals surface area contributed by atoms with Crippen LogP contribution in [0.15, 0.2) is 12.4 Å². The van der Waals surface area contributed by atoms with Crippen LogP contribution >= 0.6 is 0 Å². The first-order valence-electron chi connectivity index (χ1n) is 5.77. The van der Waals surface area contributed by atoms with Crippen LogP contribution in [0.2, 0.25) is 0 Å². The summed E-state index contributed by atoms with van der Waals surface area (Å²) in [5.41, 5.74) is 1.63. The average Bonchev–Trinajstić information content (AvgIpc) is 2.20. The number of nitrogens with one attached hydrogen (secondary N) is 1. The Morgan fingerprint density at radius 2 is 2.00 bits per heavy atom. The van der Waals surface area contributed by atoms with Gasteiger partial charge in [-0.05, 0) is 37.2 Å². The largest absolute Gasteiger partial charge is 0.354 e. The highest BCUT2D eigenvalue weighted by Crippen LogP contribution is 2.43. The summed E-state index contributed by atoms with van der Waals surface area (Å²) in [4.78, 5) is 8.50. The van der Waals surface area contributed by atoms with Gasteiger partial charge in [-0.15, -0.1) is 0 Å². The maximum Gasteiger partial charge on any atom is 0.222 e. The SMILES string of the molecule is CCC1(CNc2ncc(C)cn2)CCC1. The highest BCUT2D eigenvalue weighted by atomic mass is 15.1. The number of aryl methyl sites for hydroxylation is 1.